The third-order valence-electron chi connectivity index (χ3n) is 2.31. The van der Waals surface area contributed by atoms with Crippen molar-refractivity contribution in [3.63, 3.8) is 0 Å². The Labute approximate surface area is 117 Å². The molecule has 2 rings (SSSR count). The molecule has 0 atom stereocenters. The lowest BCUT2D eigenvalue weighted by molar-refractivity contribution is 0.277. The Morgan fingerprint density at radius 2 is 2.28 bits per heavy atom. The van der Waals surface area contributed by atoms with Gasteiger partial charge in [0.1, 0.15) is 0 Å². The molecule has 0 unspecified atom stereocenters. The Bertz CT molecular complexity index is 633. The quantitative estimate of drug-likeness (QED) is 0.768. The van der Waals surface area contributed by atoms with Crippen molar-refractivity contribution in [2.75, 3.05) is 0 Å². The van der Waals surface area contributed by atoms with Crippen molar-refractivity contribution >= 4 is 37.3 Å². The average Bonchev–Trinajstić information content (AvgIpc) is 2.95. The number of halogens is 1. The monoisotopic (exact) mass is 350 g/mol. The van der Waals surface area contributed by atoms with Gasteiger partial charge in [0.2, 0.25) is 10.0 Å². The van der Waals surface area contributed by atoms with Crippen LogP contribution in [0.15, 0.2) is 33.1 Å². The first-order valence-corrected chi connectivity index (χ1v) is 8.18. The van der Waals surface area contributed by atoms with E-state index in [-0.39, 0.29) is 18.0 Å². The summed E-state index contributed by atoms with van der Waals surface area (Å²) < 4.78 is 27.3. The van der Waals surface area contributed by atoms with Gasteiger partial charge in [0.25, 0.3) is 0 Å². The van der Waals surface area contributed by atoms with Crippen LogP contribution in [0, 0.1) is 0 Å². The highest BCUT2D eigenvalue weighted by Gasteiger charge is 2.16. The second-order valence-corrected chi connectivity index (χ2v) is 7.16. The van der Waals surface area contributed by atoms with Crippen LogP contribution in [0.25, 0.3) is 0 Å². The number of aromatic amines is 1. The zero-order valence-corrected chi connectivity index (χ0v) is 12.4. The molecule has 0 fully saturated rings. The van der Waals surface area contributed by atoms with Gasteiger partial charge < -0.3 is 10.1 Å². The van der Waals surface area contributed by atoms with Gasteiger partial charge >= 0.3 is 0 Å². The average molecular weight is 351 g/mol. The maximum absolute atomic E-state index is 11.9. The molecule has 0 amide bonds. The first kappa shape index (κ1) is 13.8. The molecule has 0 saturated carbocycles. The van der Waals surface area contributed by atoms with Gasteiger partial charge in [-0.15, -0.1) is 11.3 Å². The largest absolute Gasteiger partial charge is 0.390 e. The first-order valence-electron chi connectivity index (χ1n) is 5.02. The van der Waals surface area contributed by atoms with Gasteiger partial charge in [0.05, 0.1) is 11.5 Å². The molecule has 2 aromatic heterocycles. The number of rotatable bonds is 5. The van der Waals surface area contributed by atoms with Gasteiger partial charge in [-0.3, -0.25) is 0 Å². The van der Waals surface area contributed by atoms with E-state index in [1.807, 2.05) is 11.4 Å². The van der Waals surface area contributed by atoms with Gasteiger partial charge in [-0.25, -0.2) is 13.1 Å². The molecule has 3 N–H and O–H groups in total. The van der Waals surface area contributed by atoms with Crippen molar-refractivity contribution in [1.29, 1.82) is 0 Å². The fourth-order valence-electron chi connectivity index (χ4n) is 1.36. The minimum atomic E-state index is -3.55. The van der Waals surface area contributed by atoms with Gasteiger partial charge in [-0.1, -0.05) is 0 Å². The summed E-state index contributed by atoms with van der Waals surface area (Å²) >= 11 is 4.82. The fraction of sp³-hybridized carbons (Fsp3) is 0.200. The number of nitrogens with one attached hydrogen (secondary N) is 2. The lowest BCUT2D eigenvalue weighted by Gasteiger charge is -2.03. The molecule has 0 aliphatic carbocycles. The third-order valence-corrected chi connectivity index (χ3v) is 5.62. The number of thiophene rings is 1. The highest BCUT2D eigenvalue weighted by molar-refractivity contribution is 9.10. The lowest BCUT2D eigenvalue weighted by atomic mass is 10.5. The Kier molecular flexibility index (Phi) is 4.23. The molecule has 0 spiro atoms. The second-order valence-electron chi connectivity index (χ2n) is 3.53. The van der Waals surface area contributed by atoms with E-state index in [1.54, 1.807) is 0 Å². The van der Waals surface area contributed by atoms with E-state index in [4.69, 9.17) is 5.11 Å². The minimum absolute atomic E-state index is 0.124. The van der Waals surface area contributed by atoms with Gasteiger partial charge in [0, 0.05) is 27.8 Å². The summed E-state index contributed by atoms with van der Waals surface area (Å²) in [6.45, 7) is 0.0201. The molecule has 2 heterocycles. The zero-order valence-electron chi connectivity index (χ0n) is 9.18. The van der Waals surface area contributed by atoms with E-state index in [9.17, 15) is 8.42 Å². The summed E-state index contributed by atoms with van der Waals surface area (Å²) in [5, 5.41) is 10.8. The van der Waals surface area contributed by atoms with Crippen molar-refractivity contribution in [2.45, 2.75) is 18.0 Å². The predicted molar refractivity (Wildman–Crippen MR) is 72.8 cm³/mol. The summed E-state index contributed by atoms with van der Waals surface area (Å²) in [4.78, 5) is 3.73. The molecule has 2 aromatic rings. The van der Waals surface area contributed by atoms with E-state index in [0.717, 1.165) is 9.35 Å². The molecular formula is C10H11BrN2O3S2. The highest BCUT2D eigenvalue weighted by Crippen LogP contribution is 2.23. The Morgan fingerprint density at radius 3 is 2.83 bits per heavy atom. The normalized spacial score (nSPS) is 11.9. The Morgan fingerprint density at radius 1 is 1.50 bits per heavy atom. The SMILES string of the molecule is O=S(=O)(NCc1sccc1Br)c1c[nH]c(CO)c1. The van der Waals surface area contributed by atoms with E-state index in [2.05, 4.69) is 25.6 Å². The smallest absolute Gasteiger partial charge is 0.242 e. The van der Waals surface area contributed by atoms with Crippen LogP contribution in [0.2, 0.25) is 0 Å². The van der Waals surface area contributed by atoms with E-state index >= 15 is 0 Å². The zero-order chi connectivity index (χ0) is 13.2. The number of aliphatic hydroxyl groups excluding tert-OH is 1. The van der Waals surface area contributed by atoms with Crippen LogP contribution in [0.3, 0.4) is 0 Å². The molecule has 98 valence electrons. The molecule has 0 aliphatic rings. The van der Waals surface area contributed by atoms with Crippen LogP contribution in [-0.4, -0.2) is 18.5 Å². The predicted octanol–water partition coefficient (Wildman–Crippen LogP) is 1.81. The van der Waals surface area contributed by atoms with Crippen LogP contribution >= 0.6 is 27.3 Å². The van der Waals surface area contributed by atoms with Crippen LogP contribution in [0.4, 0.5) is 0 Å². The summed E-state index contributed by atoms with van der Waals surface area (Å²) in [6.07, 6.45) is 1.36. The lowest BCUT2D eigenvalue weighted by Crippen LogP contribution is -2.22. The van der Waals surface area contributed by atoms with Gasteiger partial charge in [-0.05, 0) is 33.4 Å². The number of hydrogen-bond acceptors (Lipinski definition) is 4. The molecule has 0 saturated heterocycles. The number of aromatic nitrogens is 1. The second kappa shape index (κ2) is 5.54. The highest BCUT2D eigenvalue weighted by atomic mass is 79.9. The van der Waals surface area contributed by atoms with Crippen molar-refractivity contribution in [3.05, 3.63) is 38.8 Å². The molecule has 0 aliphatic heterocycles. The van der Waals surface area contributed by atoms with Crippen molar-refractivity contribution in [1.82, 2.24) is 9.71 Å². The fourth-order valence-corrected chi connectivity index (χ4v) is 3.90. The van der Waals surface area contributed by atoms with Crippen molar-refractivity contribution < 1.29 is 13.5 Å². The summed E-state index contributed by atoms with van der Waals surface area (Å²) in [5.41, 5.74) is 0.465. The van der Waals surface area contributed by atoms with E-state index in [0.29, 0.717) is 5.69 Å². The van der Waals surface area contributed by atoms with Crippen molar-refractivity contribution in [2.24, 2.45) is 0 Å². The molecule has 5 nitrogen and oxygen atoms in total. The Hall–Kier alpha value is -0.670. The molecule has 0 radical (unpaired) electrons. The van der Waals surface area contributed by atoms with Gasteiger partial charge in [-0.2, -0.15) is 0 Å². The number of hydrogen-bond donors (Lipinski definition) is 3. The van der Waals surface area contributed by atoms with E-state index in [1.165, 1.54) is 23.6 Å². The summed E-state index contributed by atoms with van der Waals surface area (Å²) in [6, 6.07) is 3.28. The van der Waals surface area contributed by atoms with Gasteiger partial charge in [0.15, 0.2) is 0 Å². The topological polar surface area (TPSA) is 82.2 Å². The third kappa shape index (κ3) is 3.01. The molecule has 0 aromatic carbocycles. The van der Waals surface area contributed by atoms with Crippen molar-refractivity contribution in [3.8, 4) is 0 Å². The van der Waals surface area contributed by atoms with Crippen LogP contribution in [0.5, 0.6) is 0 Å². The molecule has 18 heavy (non-hydrogen) atoms. The number of sulfonamides is 1. The Balaban J connectivity index is 2.10. The van der Waals surface area contributed by atoms with Crippen LogP contribution < -0.4 is 4.72 Å². The van der Waals surface area contributed by atoms with E-state index < -0.39 is 10.0 Å². The maximum atomic E-state index is 11.9. The summed E-state index contributed by atoms with van der Waals surface area (Å²) in [7, 11) is -3.55. The molecular weight excluding hydrogens is 340 g/mol. The standard InChI is InChI=1S/C10H11BrN2O3S2/c11-9-1-2-17-10(9)5-13-18(15,16)8-3-7(6-14)12-4-8/h1-4,12-14H,5-6H2. The maximum Gasteiger partial charge on any atom is 0.242 e. The molecule has 0 bridgehead atoms. The first-order chi connectivity index (χ1) is 8.53. The molecule has 8 heteroatoms. The van der Waals surface area contributed by atoms with Crippen LogP contribution in [0.1, 0.15) is 10.6 Å². The number of aliphatic hydroxyl groups is 1. The minimum Gasteiger partial charge on any atom is -0.390 e. The van der Waals surface area contributed by atoms with Crippen LogP contribution in [-0.2, 0) is 23.2 Å². The summed E-state index contributed by atoms with van der Waals surface area (Å²) in [5.74, 6) is 0. The number of H-pyrrole nitrogens is 1.